The zero-order chi connectivity index (χ0) is 13.3. The molecule has 0 amide bonds. The summed E-state index contributed by atoms with van der Waals surface area (Å²) in [6.45, 7) is 13.9. The molecule has 1 aromatic rings. The predicted molar refractivity (Wildman–Crippen MR) is 79.1 cm³/mol. The molecule has 0 unspecified atom stereocenters. The average molecular weight is 252 g/mol. The first-order chi connectivity index (χ1) is 7.64. The van der Waals surface area contributed by atoms with Gasteiger partial charge in [-0.1, -0.05) is 47.6 Å². The minimum Gasteiger partial charge on any atom is -0.338 e. The minimum absolute atomic E-state index is 0.278. The molecule has 3 heteroatoms. The van der Waals surface area contributed by atoms with Crippen LogP contribution in [-0.4, -0.2) is 22.3 Å². The van der Waals surface area contributed by atoms with E-state index in [1.54, 1.807) is 0 Å². The third-order valence-electron chi connectivity index (χ3n) is 2.55. The molecule has 1 heterocycles. The van der Waals surface area contributed by atoms with Gasteiger partial charge in [-0.15, -0.1) is 0 Å². The van der Waals surface area contributed by atoms with Crippen molar-refractivity contribution in [3.63, 3.8) is 0 Å². The van der Waals surface area contributed by atoms with Gasteiger partial charge in [0.05, 0.1) is 0 Å². The first kappa shape index (κ1) is 14.4. The Bertz CT molecular complexity index is 335. The summed E-state index contributed by atoms with van der Waals surface area (Å²) in [6, 6.07) is 6.11. The molecule has 96 valence electrons. The highest BCUT2D eigenvalue weighted by Crippen LogP contribution is 2.61. The van der Waals surface area contributed by atoms with Crippen molar-refractivity contribution in [2.24, 2.45) is 0 Å². The molecule has 0 fully saturated rings. The van der Waals surface area contributed by atoms with Gasteiger partial charge in [0.2, 0.25) is 0 Å². The van der Waals surface area contributed by atoms with Gasteiger partial charge >= 0.3 is 0 Å². The second-order valence-electron chi connectivity index (χ2n) is 6.36. The van der Waals surface area contributed by atoms with Crippen molar-refractivity contribution in [2.75, 3.05) is 11.7 Å². The lowest BCUT2D eigenvalue weighted by Gasteiger charge is -2.46. The standard InChI is InChI=1S/C14H25N2P/c1-13(2,3)17(14(4,5)6)16(7)12-10-8-9-11-15-12/h8-11H,1-7H3. The van der Waals surface area contributed by atoms with Crippen LogP contribution in [0, 0.1) is 0 Å². The van der Waals surface area contributed by atoms with Gasteiger partial charge in [-0.2, -0.15) is 0 Å². The van der Waals surface area contributed by atoms with Crippen LogP contribution in [0.1, 0.15) is 41.5 Å². The summed E-state index contributed by atoms with van der Waals surface area (Å²) in [4.78, 5) is 4.47. The van der Waals surface area contributed by atoms with Crippen molar-refractivity contribution in [3.05, 3.63) is 24.4 Å². The van der Waals surface area contributed by atoms with Crippen LogP contribution in [0.25, 0.3) is 0 Å². The molecular formula is C14H25N2P. The Hall–Kier alpha value is -0.620. The SMILES string of the molecule is CN(c1ccccn1)P(C(C)(C)C)C(C)(C)C. The molecule has 0 aliphatic heterocycles. The van der Waals surface area contributed by atoms with Crippen LogP contribution in [0.2, 0.25) is 0 Å². The van der Waals surface area contributed by atoms with Crippen LogP contribution in [0.3, 0.4) is 0 Å². The van der Waals surface area contributed by atoms with E-state index >= 15 is 0 Å². The van der Waals surface area contributed by atoms with E-state index in [2.05, 4.69) is 70.4 Å². The van der Waals surface area contributed by atoms with Gasteiger partial charge in [-0.25, -0.2) is 4.98 Å². The Labute approximate surface area is 107 Å². The molecule has 0 saturated carbocycles. The van der Waals surface area contributed by atoms with Crippen molar-refractivity contribution < 1.29 is 0 Å². The lowest BCUT2D eigenvalue weighted by atomic mass is 10.2. The van der Waals surface area contributed by atoms with E-state index in [0.717, 1.165) is 5.82 Å². The van der Waals surface area contributed by atoms with Crippen LogP contribution >= 0.6 is 8.07 Å². The van der Waals surface area contributed by atoms with Crippen molar-refractivity contribution >= 4 is 13.9 Å². The number of pyridine rings is 1. The van der Waals surface area contributed by atoms with E-state index in [4.69, 9.17) is 0 Å². The number of aromatic nitrogens is 1. The summed E-state index contributed by atoms with van der Waals surface area (Å²) < 4.78 is 2.37. The number of anilines is 1. The number of nitrogens with zero attached hydrogens (tertiary/aromatic N) is 2. The molecule has 17 heavy (non-hydrogen) atoms. The summed E-state index contributed by atoms with van der Waals surface area (Å²) >= 11 is 0. The van der Waals surface area contributed by atoms with Gasteiger partial charge in [-0.05, 0) is 12.1 Å². The number of hydrogen-bond donors (Lipinski definition) is 0. The second-order valence-corrected chi connectivity index (χ2v) is 10.3. The topological polar surface area (TPSA) is 16.1 Å². The molecule has 0 spiro atoms. The van der Waals surface area contributed by atoms with Gasteiger partial charge in [0.1, 0.15) is 5.82 Å². The van der Waals surface area contributed by atoms with Gasteiger partial charge in [0.15, 0.2) is 0 Å². The molecule has 1 aromatic heterocycles. The smallest absolute Gasteiger partial charge is 0.131 e. The van der Waals surface area contributed by atoms with Crippen molar-refractivity contribution in [2.45, 2.75) is 51.9 Å². The van der Waals surface area contributed by atoms with E-state index < -0.39 is 0 Å². The van der Waals surface area contributed by atoms with Crippen molar-refractivity contribution in [1.82, 2.24) is 4.98 Å². The Morgan fingerprint density at radius 2 is 1.53 bits per heavy atom. The minimum atomic E-state index is -0.309. The molecule has 0 N–H and O–H groups in total. The summed E-state index contributed by atoms with van der Waals surface area (Å²) in [5.41, 5.74) is 0. The monoisotopic (exact) mass is 252 g/mol. The lowest BCUT2D eigenvalue weighted by Crippen LogP contribution is -2.34. The summed E-state index contributed by atoms with van der Waals surface area (Å²) in [5, 5.41) is 0.555. The van der Waals surface area contributed by atoms with Crippen LogP contribution in [0.5, 0.6) is 0 Å². The first-order valence-electron chi connectivity index (χ1n) is 6.09. The molecule has 0 radical (unpaired) electrons. The van der Waals surface area contributed by atoms with E-state index in [1.807, 2.05) is 12.3 Å². The molecule has 0 aliphatic rings. The Morgan fingerprint density at radius 1 is 1.00 bits per heavy atom. The maximum Gasteiger partial charge on any atom is 0.131 e. The van der Waals surface area contributed by atoms with E-state index in [0.29, 0.717) is 0 Å². The van der Waals surface area contributed by atoms with Gasteiger partial charge in [0, 0.05) is 31.6 Å². The average Bonchev–Trinajstić information content (AvgIpc) is 2.14. The lowest BCUT2D eigenvalue weighted by molar-refractivity contribution is 0.700. The number of rotatable bonds is 2. The number of hydrogen-bond acceptors (Lipinski definition) is 2. The molecule has 1 rings (SSSR count). The van der Waals surface area contributed by atoms with Gasteiger partial charge in [-0.3, -0.25) is 0 Å². The second kappa shape index (κ2) is 4.94. The maximum absolute atomic E-state index is 4.47. The summed E-state index contributed by atoms with van der Waals surface area (Å²) in [6.07, 6.45) is 1.87. The fraction of sp³-hybridized carbons (Fsp3) is 0.643. The predicted octanol–water partition coefficient (Wildman–Crippen LogP) is 4.51. The fourth-order valence-electron chi connectivity index (χ4n) is 2.55. The fourth-order valence-corrected chi connectivity index (χ4v) is 6.69. The molecule has 0 aliphatic carbocycles. The summed E-state index contributed by atoms with van der Waals surface area (Å²) in [7, 11) is 1.86. The van der Waals surface area contributed by atoms with Crippen LogP contribution in [0.4, 0.5) is 5.82 Å². The van der Waals surface area contributed by atoms with Crippen molar-refractivity contribution in [1.29, 1.82) is 0 Å². The zero-order valence-corrected chi connectivity index (χ0v) is 13.0. The van der Waals surface area contributed by atoms with Gasteiger partial charge in [0.25, 0.3) is 0 Å². The van der Waals surface area contributed by atoms with Gasteiger partial charge < -0.3 is 4.67 Å². The van der Waals surface area contributed by atoms with E-state index in [1.165, 1.54) is 0 Å². The molecule has 0 aromatic carbocycles. The molecule has 0 atom stereocenters. The Balaban J connectivity index is 3.09. The summed E-state index contributed by atoms with van der Waals surface area (Å²) in [5.74, 6) is 1.07. The maximum atomic E-state index is 4.47. The van der Waals surface area contributed by atoms with Crippen LogP contribution < -0.4 is 4.67 Å². The largest absolute Gasteiger partial charge is 0.338 e. The third-order valence-corrected chi connectivity index (χ3v) is 5.90. The molecular weight excluding hydrogens is 227 g/mol. The third kappa shape index (κ3) is 3.67. The highest BCUT2D eigenvalue weighted by Gasteiger charge is 2.38. The van der Waals surface area contributed by atoms with E-state index in [-0.39, 0.29) is 18.4 Å². The highest BCUT2D eigenvalue weighted by molar-refractivity contribution is 7.62. The highest BCUT2D eigenvalue weighted by atomic mass is 31.1. The quantitative estimate of drug-likeness (QED) is 0.720. The molecule has 0 saturated heterocycles. The normalized spacial score (nSPS) is 12.9. The molecule has 0 bridgehead atoms. The Morgan fingerprint density at radius 3 is 1.88 bits per heavy atom. The Kier molecular flexibility index (Phi) is 4.19. The van der Waals surface area contributed by atoms with E-state index in [9.17, 15) is 0 Å². The van der Waals surface area contributed by atoms with Crippen LogP contribution in [-0.2, 0) is 0 Å². The first-order valence-corrected chi connectivity index (χ1v) is 7.38. The zero-order valence-electron chi connectivity index (χ0n) is 12.2. The van der Waals surface area contributed by atoms with Crippen molar-refractivity contribution in [3.8, 4) is 0 Å². The molecule has 2 nitrogen and oxygen atoms in total. The van der Waals surface area contributed by atoms with Crippen LogP contribution in [0.15, 0.2) is 24.4 Å².